The molecular weight excluding hydrogens is 328 g/mol. The minimum Gasteiger partial charge on any atom is -0.463 e. The predicted molar refractivity (Wildman–Crippen MR) is 98.3 cm³/mol. The average Bonchev–Trinajstić information content (AvgIpc) is 2.76. The fourth-order valence-corrected chi connectivity index (χ4v) is 8.04. The Morgan fingerprint density at radius 1 is 1.15 bits per heavy atom. The van der Waals surface area contributed by atoms with Crippen molar-refractivity contribution in [2.75, 3.05) is 6.61 Å². The van der Waals surface area contributed by atoms with Crippen molar-refractivity contribution in [3.63, 3.8) is 0 Å². The summed E-state index contributed by atoms with van der Waals surface area (Å²) >= 11 is 0. The van der Waals surface area contributed by atoms with Gasteiger partial charge >= 0.3 is 5.97 Å². The highest BCUT2D eigenvalue weighted by molar-refractivity contribution is 5.85. The lowest BCUT2D eigenvalue weighted by Crippen LogP contribution is -2.58. The summed E-state index contributed by atoms with van der Waals surface area (Å²) in [5, 5.41) is 11.3. The number of rotatable bonds is 2. The summed E-state index contributed by atoms with van der Waals surface area (Å²) in [6.45, 7) is 8.31. The van der Waals surface area contributed by atoms with Crippen LogP contribution in [0.15, 0.2) is 0 Å². The lowest BCUT2D eigenvalue weighted by Gasteiger charge is -2.63. The zero-order valence-corrected chi connectivity index (χ0v) is 16.8. The number of fused-ring (bicyclic) bond motifs is 3. The molecule has 0 aromatic heterocycles. The lowest BCUT2D eigenvalue weighted by molar-refractivity contribution is -0.165. The van der Waals surface area contributed by atoms with E-state index >= 15 is 0 Å². The van der Waals surface area contributed by atoms with Crippen LogP contribution in [-0.4, -0.2) is 29.1 Å². The number of ether oxygens (including phenoxy) is 1. The Morgan fingerprint density at radius 3 is 2.58 bits per heavy atom. The van der Waals surface area contributed by atoms with Crippen LogP contribution in [-0.2, 0) is 14.3 Å². The molecule has 4 heteroatoms. The van der Waals surface area contributed by atoms with E-state index in [-0.39, 0.29) is 34.7 Å². The van der Waals surface area contributed by atoms with Crippen LogP contribution in [0.4, 0.5) is 0 Å². The Labute approximate surface area is 157 Å². The van der Waals surface area contributed by atoms with Crippen molar-refractivity contribution < 1.29 is 19.4 Å². The topological polar surface area (TPSA) is 63.6 Å². The highest BCUT2D eigenvalue weighted by atomic mass is 16.5. The standard InChI is InChI=1S/C22H34O4/c1-14(23)26-13-22(25)12-21-10-7-16-19(2,3)18(24)8-9-20(16,4)17(21)6-5-15(22)11-21/h15-17,25H,5-13H2,1-4H3/t15-,16+,17-,20+,21+,22+/m1/s1. The molecule has 1 N–H and O–H groups in total. The number of carbonyl (C=O) groups excluding carboxylic acids is 2. The van der Waals surface area contributed by atoms with Gasteiger partial charge in [0.1, 0.15) is 18.0 Å². The smallest absolute Gasteiger partial charge is 0.302 e. The summed E-state index contributed by atoms with van der Waals surface area (Å²) in [6.07, 6.45) is 7.87. The number of hydrogen-bond acceptors (Lipinski definition) is 4. The number of carbonyl (C=O) groups is 2. The van der Waals surface area contributed by atoms with Gasteiger partial charge in [0, 0.05) is 18.8 Å². The predicted octanol–water partition coefficient (Wildman–Crippen LogP) is 3.89. The molecule has 0 saturated heterocycles. The molecule has 0 aliphatic heterocycles. The molecule has 0 radical (unpaired) electrons. The van der Waals surface area contributed by atoms with Gasteiger partial charge in [0.15, 0.2) is 0 Å². The van der Waals surface area contributed by atoms with Crippen LogP contribution in [0.5, 0.6) is 0 Å². The summed E-state index contributed by atoms with van der Waals surface area (Å²) in [5.74, 6) is 1.39. The zero-order chi connectivity index (χ0) is 19.0. The van der Waals surface area contributed by atoms with Crippen molar-refractivity contribution in [1.29, 1.82) is 0 Å². The molecule has 1 spiro atoms. The Morgan fingerprint density at radius 2 is 1.88 bits per heavy atom. The van der Waals surface area contributed by atoms with E-state index in [1.165, 1.54) is 6.92 Å². The van der Waals surface area contributed by atoms with Crippen LogP contribution in [0.1, 0.15) is 79.1 Å². The van der Waals surface area contributed by atoms with Crippen molar-refractivity contribution >= 4 is 11.8 Å². The first-order valence-corrected chi connectivity index (χ1v) is 10.4. The third kappa shape index (κ3) is 2.36. The van der Waals surface area contributed by atoms with Crippen molar-refractivity contribution in [3.05, 3.63) is 0 Å². The summed E-state index contributed by atoms with van der Waals surface area (Å²) in [4.78, 5) is 23.9. The van der Waals surface area contributed by atoms with Gasteiger partial charge < -0.3 is 9.84 Å². The van der Waals surface area contributed by atoms with Crippen molar-refractivity contribution in [2.24, 2.45) is 34.0 Å². The second-order valence-corrected chi connectivity index (χ2v) is 10.7. The molecule has 6 atom stereocenters. The summed E-state index contributed by atoms with van der Waals surface area (Å²) in [5.41, 5.74) is -0.728. The number of Topliss-reactive ketones (excluding diaryl/α,β-unsaturated/α-hetero) is 1. The van der Waals surface area contributed by atoms with Crippen molar-refractivity contribution in [2.45, 2.75) is 84.7 Å². The fourth-order valence-electron chi connectivity index (χ4n) is 8.04. The van der Waals surface area contributed by atoms with Crippen molar-refractivity contribution in [3.8, 4) is 0 Å². The fraction of sp³-hybridized carbons (Fsp3) is 0.909. The molecule has 0 unspecified atom stereocenters. The molecule has 4 fully saturated rings. The van der Waals surface area contributed by atoms with Gasteiger partial charge in [-0.3, -0.25) is 9.59 Å². The first-order chi connectivity index (χ1) is 12.0. The molecular formula is C22H34O4. The molecule has 0 heterocycles. The van der Waals surface area contributed by atoms with Crippen LogP contribution in [0.2, 0.25) is 0 Å². The van der Waals surface area contributed by atoms with Gasteiger partial charge in [-0.2, -0.15) is 0 Å². The molecule has 4 aliphatic rings. The number of aliphatic hydroxyl groups is 1. The zero-order valence-electron chi connectivity index (χ0n) is 16.8. The van der Waals surface area contributed by atoms with Gasteiger partial charge in [0.2, 0.25) is 0 Å². The van der Waals surface area contributed by atoms with Gasteiger partial charge in [-0.1, -0.05) is 20.8 Å². The van der Waals surface area contributed by atoms with E-state index in [0.29, 0.717) is 24.0 Å². The largest absolute Gasteiger partial charge is 0.463 e. The number of hydrogen-bond donors (Lipinski definition) is 1. The van der Waals surface area contributed by atoms with Gasteiger partial charge in [0.05, 0.1) is 0 Å². The van der Waals surface area contributed by atoms with E-state index in [1.54, 1.807) is 0 Å². The Hall–Kier alpha value is -0.900. The highest BCUT2D eigenvalue weighted by Gasteiger charge is 2.68. The second kappa shape index (κ2) is 5.56. The average molecular weight is 363 g/mol. The van der Waals surface area contributed by atoms with Crippen LogP contribution < -0.4 is 0 Å². The minimum atomic E-state index is -0.858. The van der Waals surface area contributed by atoms with E-state index < -0.39 is 5.60 Å². The maximum Gasteiger partial charge on any atom is 0.302 e. The Balaban J connectivity index is 1.64. The number of ketones is 1. The molecule has 4 aliphatic carbocycles. The molecule has 2 bridgehead atoms. The molecule has 0 aromatic carbocycles. The SMILES string of the molecule is CC(=O)OC[C@@]1(O)C[C@@]23CC[C@H]4C(C)(C)C(=O)CC[C@]4(C)[C@H]2CC[C@@H]1C3. The monoisotopic (exact) mass is 362 g/mol. The van der Waals surface area contributed by atoms with E-state index in [1.807, 2.05) is 0 Å². The molecule has 0 aromatic rings. The minimum absolute atomic E-state index is 0.144. The summed E-state index contributed by atoms with van der Waals surface area (Å²) < 4.78 is 5.26. The Kier molecular flexibility index (Phi) is 3.95. The summed E-state index contributed by atoms with van der Waals surface area (Å²) in [7, 11) is 0. The van der Waals surface area contributed by atoms with Crippen LogP contribution >= 0.6 is 0 Å². The van der Waals surface area contributed by atoms with Gasteiger partial charge in [-0.25, -0.2) is 0 Å². The molecule has 4 rings (SSSR count). The van der Waals surface area contributed by atoms with Gasteiger partial charge in [-0.05, 0) is 73.5 Å². The van der Waals surface area contributed by atoms with Crippen LogP contribution in [0, 0.1) is 34.0 Å². The van der Waals surface area contributed by atoms with E-state index in [0.717, 1.165) is 44.9 Å². The van der Waals surface area contributed by atoms with Gasteiger partial charge in [0.25, 0.3) is 0 Å². The van der Waals surface area contributed by atoms with E-state index in [4.69, 9.17) is 4.74 Å². The normalized spacial score (nSPS) is 49.3. The molecule has 146 valence electrons. The maximum absolute atomic E-state index is 12.6. The first-order valence-electron chi connectivity index (χ1n) is 10.4. The highest BCUT2D eigenvalue weighted by Crippen LogP contribution is 2.72. The van der Waals surface area contributed by atoms with E-state index in [2.05, 4.69) is 20.8 Å². The third-order valence-electron chi connectivity index (χ3n) is 9.14. The van der Waals surface area contributed by atoms with Crippen molar-refractivity contribution in [1.82, 2.24) is 0 Å². The molecule has 26 heavy (non-hydrogen) atoms. The lowest BCUT2D eigenvalue weighted by atomic mass is 9.41. The third-order valence-corrected chi connectivity index (χ3v) is 9.14. The number of esters is 1. The van der Waals surface area contributed by atoms with Gasteiger partial charge in [-0.15, -0.1) is 0 Å². The van der Waals surface area contributed by atoms with Crippen LogP contribution in [0.25, 0.3) is 0 Å². The second-order valence-electron chi connectivity index (χ2n) is 10.7. The molecule has 0 amide bonds. The van der Waals surface area contributed by atoms with Crippen LogP contribution in [0.3, 0.4) is 0 Å². The van der Waals surface area contributed by atoms with E-state index in [9.17, 15) is 14.7 Å². The summed E-state index contributed by atoms with van der Waals surface area (Å²) in [6, 6.07) is 0. The first kappa shape index (κ1) is 18.5. The quantitative estimate of drug-likeness (QED) is 0.757. The maximum atomic E-state index is 12.6. The Bertz CT molecular complexity index is 640. The molecule has 4 nitrogen and oxygen atoms in total. The molecule has 4 saturated carbocycles.